The van der Waals surface area contributed by atoms with E-state index < -0.39 is 17.2 Å². The van der Waals surface area contributed by atoms with Crippen molar-refractivity contribution >= 4 is 11.6 Å². The Hall–Kier alpha value is -0.680. The molecule has 1 aromatic rings. The van der Waals surface area contributed by atoms with E-state index in [1.807, 2.05) is 0 Å². The van der Waals surface area contributed by atoms with Gasteiger partial charge in [0.05, 0.1) is 18.8 Å². The van der Waals surface area contributed by atoms with Gasteiger partial charge in [-0.25, -0.2) is 4.39 Å². The molecule has 1 aliphatic heterocycles. The predicted octanol–water partition coefficient (Wildman–Crippen LogP) is 2.98. The van der Waals surface area contributed by atoms with Crippen LogP contribution in [0.4, 0.5) is 4.39 Å². The first-order valence-corrected chi connectivity index (χ1v) is 6.87. The van der Waals surface area contributed by atoms with Gasteiger partial charge in [-0.15, -0.1) is 0 Å². The van der Waals surface area contributed by atoms with Crippen LogP contribution >= 0.6 is 11.6 Å². The first-order chi connectivity index (χ1) is 9.03. The molecule has 0 atom stereocenters. The molecule has 1 spiro atoms. The van der Waals surface area contributed by atoms with Crippen LogP contribution in [0.3, 0.4) is 0 Å². The number of hydrogen-bond acceptors (Lipinski definition) is 3. The first kappa shape index (κ1) is 13.3. The molecule has 2 fully saturated rings. The highest BCUT2D eigenvalue weighted by Gasteiger charge is 2.46. The van der Waals surface area contributed by atoms with Crippen LogP contribution in [0, 0.1) is 5.82 Å². The maximum Gasteiger partial charge on any atom is 0.168 e. The summed E-state index contributed by atoms with van der Waals surface area (Å²) in [5.41, 5.74) is -0.848. The number of hydrogen-bond donors (Lipinski definition) is 1. The largest absolute Gasteiger partial charge is 0.385 e. The van der Waals surface area contributed by atoms with Crippen molar-refractivity contribution in [3.05, 3.63) is 34.6 Å². The van der Waals surface area contributed by atoms with Crippen molar-refractivity contribution in [2.75, 3.05) is 13.2 Å². The van der Waals surface area contributed by atoms with Gasteiger partial charge in [-0.1, -0.05) is 17.7 Å². The molecule has 0 amide bonds. The van der Waals surface area contributed by atoms with Crippen LogP contribution in [0.5, 0.6) is 0 Å². The molecule has 1 saturated carbocycles. The summed E-state index contributed by atoms with van der Waals surface area (Å²) in [4.78, 5) is 0. The lowest BCUT2D eigenvalue weighted by atomic mass is 9.77. The maximum absolute atomic E-state index is 13.9. The zero-order valence-corrected chi connectivity index (χ0v) is 11.3. The van der Waals surface area contributed by atoms with Gasteiger partial charge in [-0.3, -0.25) is 0 Å². The molecule has 2 aliphatic rings. The lowest BCUT2D eigenvalue weighted by molar-refractivity contribution is -0.204. The van der Waals surface area contributed by atoms with Crippen LogP contribution in [0.25, 0.3) is 0 Å². The highest BCUT2D eigenvalue weighted by Crippen LogP contribution is 2.45. The van der Waals surface area contributed by atoms with E-state index in [0.29, 0.717) is 49.5 Å². The summed E-state index contributed by atoms with van der Waals surface area (Å²) in [5, 5.41) is 11.0. The second kappa shape index (κ2) is 4.70. The molecule has 1 aromatic carbocycles. The second-order valence-corrected chi connectivity index (χ2v) is 5.70. The lowest BCUT2D eigenvalue weighted by Crippen LogP contribution is -2.42. The van der Waals surface area contributed by atoms with Gasteiger partial charge in [-0.2, -0.15) is 0 Å². The Balaban J connectivity index is 1.81. The second-order valence-electron chi connectivity index (χ2n) is 5.26. The molecule has 19 heavy (non-hydrogen) atoms. The van der Waals surface area contributed by atoms with Crippen LogP contribution < -0.4 is 0 Å². The molecule has 1 aliphatic carbocycles. The van der Waals surface area contributed by atoms with Crippen LogP contribution in [-0.4, -0.2) is 24.1 Å². The van der Waals surface area contributed by atoms with Crippen molar-refractivity contribution in [2.45, 2.75) is 37.1 Å². The fourth-order valence-corrected chi connectivity index (χ4v) is 3.13. The van der Waals surface area contributed by atoms with Crippen LogP contribution in [0.15, 0.2) is 18.2 Å². The Morgan fingerprint density at radius 2 is 1.74 bits per heavy atom. The van der Waals surface area contributed by atoms with E-state index >= 15 is 0 Å². The van der Waals surface area contributed by atoms with Gasteiger partial charge < -0.3 is 14.6 Å². The molecule has 1 heterocycles. The predicted molar refractivity (Wildman–Crippen MR) is 68.4 cm³/mol. The molecular formula is C14H16ClFO3. The molecular weight excluding hydrogens is 271 g/mol. The molecule has 104 valence electrons. The normalized spacial score (nSPS) is 24.8. The Bertz CT molecular complexity index is 476. The zero-order chi connectivity index (χ0) is 13.5. The van der Waals surface area contributed by atoms with E-state index in [0.717, 1.165) is 0 Å². The molecule has 5 heteroatoms. The smallest absolute Gasteiger partial charge is 0.168 e. The number of aliphatic hydroxyl groups is 1. The average Bonchev–Trinajstić information content (AvgIpc) is 2.82. The van der Waals surface area contributed by atoms with E-state index in [1.165, 1.54) is 6.07 Å². The Morgan fingerprint density at radius 1 is 1.11 bits per heavy atom. The van der Waals surface area contributed by atoms with E-state index in [2.05, 4.69) is 0 Å². The zero-order valence-electron chi connectivity index (χ0n) is 10.5. The molecule has 1 N–H and O–H groups in total. The Morgan fingerprint density at radius 3 is 2.32 bits per heavy atom. The molecule has 1 saturated heterocycles. The highest BCUT2D eigenvalue weighted by molar-refractivity contribution is 6.30. The van der Waals surface area contributed by atoms with Gasteiger partial charge in [0, 0.05) is 23.4 Å². The minimum absolute atomic E-state index is 0.310. The fourth-order valence-electron chi connectivity index (χ4n) is 2.97. The highest BCUT2D eigenvalue weighted by atomic mass is 35.5. The summed E-state index contributed by atoms with van der Waals surface area (Å²) in [6.07, 6.45) is 1.99. The monoisotopic (exact) mass is 286 g/mol. The van der Waals surface area contributed by atoms with E-state index in [9.17, 15) is 9.50 Å². The maximum atomic E-state index is 13.9. The summed E-state index contributed by atoms with van der Waals surface area (Å²) >= 11 is 5.74. The molecule has 3 nitrogen and oxygen atoms in total. The summed E-state index contributed by atoms with van der Waals surface area (Å²) < 4.78 is 25.2. The molecule has 0 unspecified atom stereocenters. The number of halogens is 2. The molecule has 3 rings (SSSR count). The van der Waals surface area contributed by atoms with Gasteiger partial charge in [0.2, 0.25) is 0 Å². The molecule has 0 radical (unpaired) electrons. The molecule has 0 aromatic heterocycles. The number of ether oxygens (including phenoxy) is 2. The average molecular weight is 287 g/mol. The summed E-state index contributed by atoms with van der Waals surface area (Å²) in [7, 11) is 0. The molecule has 0 bridgehead atoms. The summed E-state index contributed by atoms with van der Waals surface area (Å²) in [5.74, 6) is -1.02. The van der Waals surface area contributed by atoms with Gasteiger partial charge in [-0.05, 0) is 25.0 Å². The van der Waals surface area contributed by atoms with Crippen molar-refractivity contribution in [1.82, 2.24) is 0 Å². The van der Waals surface area contributed by atoms with E-state index in [1.54, 1.807) is 12.1 Å². The number of benzene rings is 1. The van der Waals surface area contributed by atoms with Crippen molar-refractivity contribution in [3.63, 3.8) is 0 Å². The topological polar surface area (TPSA) is 38.7 Å². The third kappa shape index (κ3) is 2.38. The van der Waals surface area contributed by atoms with Gasteiger partial charge >= 0.3 is 0 Å². The number of rotatable bonds is 1. The van der Waals surface area contributed by atoms with Gasteiger partial charge in [0.1, 0.15) is 5.82 Å². The third-order valence-electron chi connectivity index (χ3n) is 4.09. The van der Waals surface area contributed by atoms with Gasteiger partial charge in [0.15, 0.2) is 5.79 Å². The van der Waals surface area contributed by atoms with Crippen LogP contribution in [0.1, 0.15) is 31.2 Å². The van der Waals surface area contributed by atoms with Crippen molar-refractivity contribution < 1.29 is 19.0 Å². The van der Waals surface area contributed by atoms with E-state index in [4.69, 9.17) is 21.1 Å². The van der Waals surface area contributed by atoms with Crippen LogP contribution in [0.2, 0.25) is 5.02 Å². The van der Waals surface area contributed by atoms with Crippen molar-refractivity contribution in [1.29, 1.82) is 0 Å². The summed E-state index contributed by atoms with van der Waals surface area (Å²) in [6.45, 7) is 1.18. The van der Waals surface area contributed by atoms with E-state index in [-0.39, 0.29) is 0 Å². The minimum atomic E-state index is -1.16. The fraction of sp³-hybridized carbons (Fsp3) is 0.571. The minimum Gasteiger partial charge on any atom is -0.385 e. The van der Waals surface area contributed by atoms with Crippen molar-refractivity contribution in [2.24, 2.45) is 0 Å². The first-order valence-electron chi connectivity index (χ1n) is 6.49. The summed E-state index contributed by atoms with van der Waals surface area (Å²) in [6, 6.07) is 4.40. The van der Waals surface area contributed by atoms with Crippen LogP contribution in [-0.2, 0) is 15.1 Å². The SMILES string of the molecule is OC1(c2ccc(Cl)cc2F)CCC2(CC1)OCCO2. The quantitative estimate of drug-likeness (QED) is 0.862. The Kier molecular flexibility index (Phi) is 3.29. The van der Waals surface area contributed by atoms with Crippen molar-refractivity contribution in [3.8, 4) is 0 Å². The third-order valence-corrected chi connectivity index (χ3v) is 4.32. The Labute approximate surface area is 116 Å². The standard InChI is InChI=1S/C14H16ClFO3/c15-10-1-2-11(12(16)9-10)13(17)3-5-14(6-4-13)18-7-8-19-14/h1-2,9,17H,3-8H2. The lowest BCUT2D eigenvalue weighted by Gasteiger charge is -2.40. The van der Waals surface area contributed by atoms with Gasteiger partial charge in [0.25, 0.3) is 0 Å².